The minimum Gasteiger partial charge on any atom is -0.385 e. The summed E-state index contributed by atoms with van der Waals surface area (Å²) in [6, 6.07) is 0. The van der Waals surface area contributed by atoms with E-state index in [1.165, 1.54) is 39.0 Å². The smallest absolute Gasteiger partial charge is 0.0474 e. The summed E-state index contributed by atoms with van der Waals surface area (Å²) in [5.41, 5.74) is 0. The Hall–Kier alpha value is -0.120. The van der Waals surface area contributed by atoms with Crippen molar-refractivity contribution in [2.24, 2.45) is 0 Å². The summed E-state index contributed by atoms with van der Waals surface area (Å²) >= 11 is 0. The lowest BCUT2D eigenvalue weighted by atomic mass is 10.2. The van der Waals surface area contributed by atoms with Crippen molar-refractivity contribution in [2.45, 2.75) is 19.3 Å². The minimum atomic E-state index is 0.893. The predicted molar refractivity (Wildman–Crippen MR) is 55.0 cm³/mol. The summed E-state index contributed by atoms with van der Waals surface area (Å²) in [6.45, 7) is 6.90. The topological polar surface area (TPSA) is 24.5 Å². The molecule has 1 saturated heterocycles. The molecular weight excluding hydrogens is 164 g/mol. The summed E-state index contributed by atoms with van der Waals surface area (Å²) in [5, 5.41) is 3.43. The van der Waals surface area contributed by atoms with Gasteiger partial charge in [0.05, 0.1) is 0 Å². The van der Waals surface area contributed by atoms with Crippen LogP contribution in [0.1, 0.15) is 19.3 Å². The Kier molecular flexibility index (Phi) is 6.15. The number of hydrogen-bond acceptors (Lipinski definition) is 3. The van der Waals surface area contributed by atoms with Gasteiger partial charge in [-0.15, -0.1) is 0 Å². The lowest BCUT2D eigenvalue weighted by molar-refractivity contribution is 0.169. The van der Waals surface area contributed by atoms with E-state index in [2.05, 4.69) is 10.2 Å². The van der Waals surface area contributed by atoms with Crippen LogP contribution in [-0.2, 0) is 4.74 Å². The van der Waals surface area contributed by atoms with Crippen LogP contribution in [0.3, 0.4) is 0 Å². The normalized spacial score (nSPS) is 21.0. The van der Waals surface area contributed by atoms with Gasteiger partial charge in [-0.25, -0.2) is 0 Å². The van der Waals surface area contributed by atoms with Crippen molar-refractivity contribution in [3.05, 3.63) is 0 Å². The predicted octanol–water partition coefficient (Wildman–Crippen LogP) is 0.708. The molecule has 0 radical (unpaired) electrons. The maximum atomic E-state index is 5.05. The molecule has 3 nitrogen and oxygen atoms in total. The molecule has 0 unspecified atom stereocenters. The Morgan fingerprint density at radius 2 is 2.15 bits per heavy atom. The average Bonchev–Trinajstić information content (AvgIpc) is 2.08. The Balaban J connectivity index is 2.06. The first kappa shape index (κ1) is 11.0. The monoisotopic (exact) mass is 186 g/mol. The fourth-order valence-electron chi connectivity index (χ4n) is 1.72. The molecule has 0 bridgehead atoms. The summed E-state index contributed by atoms with van der Waals surface area (Å²) in [6.07, 6.45) is 3.82. The van der Waals surface area contributed by atoms with E-state index in [4.69, 9.17) is 4.74 Å². The highest BCUT2D eigenvalue weighted by molar-refractivity contribution is 4.64. The van der Waals surface area contributed by atoms with Crippen LogP contribution in [0.25, 0.3) is 0 Å². The van der Waals surface area contributed by atoms with Crippen molar-refractivity contribution in [1.82, 2.24) is 10.2 Å². The second-order valence-corrected chi connectivity index (χ2v) is 3.65. The van der Waals surface area contributed by atoms with Crippen molar-refractivity contribution in [3.8, 4) is 0 Å². The van der Waals surface area contributed by atoms with E-state index in [1.807, 2.05) is 0 Å². The Labute approximate surface area is 81.4 Å². The van der Waals surface area contributed by atoms with Crippen molar-refractivity contribution < 1.29 is 4.74 Å². The number of nitrogens with one attached hydrogen (secondary N) is 1. The van der Waals surface area contributed by atoms with Gasteiger partial charge < -0.3 is 15.0 Å². The molecule has 13 heavy (non-hydrogen) atoms. The highest BCUT2D eigenvalue weighted by atomic mass is 16.5. The van der Waals surface area contributed by atoms with Gasteiger partial charge in [-0.1, -0.05) is 0 Å². The van der Waals surface area contributed by atoms with Crippen LogP contribution < -0.4 is 5.32 Å². The number of ether oxygens (including phenoxy) is 1. The molecule has 0 spiro atoms. The first-order chi connectivity index (χ1) is 6.43. The minimum absolute atomic E-state index is 0.893. The molecule has 0 aliphatic carbocycles. The number of nitrogens with zero attached hydrogens (tertiary/aromatic N) is 1. The zero-order valence-electron chi connectivity index (χ0n) is 8.72. The fraction of sp³-hybridized carbons (Fsp3) is 1.00. The van der Waals surface area contributed by atoms with E-state index in [0.29, 0.717) is 0 Å². The maximum Gasteiger partial charge on any atom is 0.0474 e. The van der Waals surface area contributed by atoms with Gasteiger partial charge in [0.2, 0.25) is 0 Å². The van der Waals surface area contributed by atoms with Gasteiger partial charge in [-0.3, -0.25) is 0 Å². The van der Waals surface area contributed by atoms with Gasteiger partial charge >= 0.3 is 0 Å². The molecule has 1 aliphatic heterocycles. The molecule has 1 N–H and O–H groups in total. The van der Waals surface area contributed by atoms with Crippen molar-refractivity contribution in [2.75, 3.05) is 46.4 Å². The molecule has 3 heteroatoms. The van der Waals surface area contributed by atoms with Crippen LogP contribution in [0.4, 0.5) is 0 Å². The summed E-state index contributed by atoms with van der Waals surface area (Å²) < 4.78 is 5.05. The Morgan fingerprint density at radius 1 is 1.23 bits per heavy atom. The highest BCUT2D eigenvalue weighted by Gasteiger charge is 2.06. The van der Waals surface area contributed by atoms with Gasteiger partial charge in [-0.05, 0) is 32.4 Å². The van der Waals surface area contributed by atoms with Gasteiger partial charge in [0.1, 0.15) is 0 Å². The molecule has 1 fully saturated rings. The Morgan fingerprint density at radius 3 is 3.00 bits per heavy atom. The van der Waals surface area contributed by atoms with E-state index in [9.17, 15) is 0 Å². The summed E-state index contributed by atoms with van der Waals surface area (Å²) in [7, 11) is 1.77. The van der Waals surface area contributed by atoms with Gasteiger partial charge in [0.15, 0.2) is 0 Å². The Bertz CT molecular complexity index is 111. The van der Waals surface area contributed by atoms with E-state index < -0.39 is 0 Å². The fourth-order valence-corrected chi connectivity index (χ4v) is 1.72. The third kappa shape index (κ3) is 5.24. The molecular formula is C10H22N2O. The van der Waals surface area contributed by atoms with E-state index in [1.54, 1.807) is 7.11 Å². The summed E-state index contributed by atoms with van der Waals surface area (Å²) in [5.74, 6) is 0. The second kappa shape index (κ2) is 7.30. The SMILES string of the molecule is COCCCN1CCCCNCC1. The number of methoxy groups -OCH3 is 1. The van der Waals surface area contributed by atoms with Crippen molar-refractivity contribution in [3.63, 3.8) is 0 Å². The van der Waals surface area contributed by atoms with Crippen LogP contribution in [0.2, 0.25) is 0 Å². The second-order valence-electron chi connectivity index (χ2n) is 3.65. The third-order valence-electron chi connectivity index (χ3n) is 2.51. The average molecular weight is 186 g/mol. The summed E-state index contributed by atoms with van der Waals surface area (Å²) in [4.78, 5) is 2.53. The van der Waals surface area contributed by atoms with Gasteiger partial charge in [0.25, 0.3) is 0 Å². The van der Waals surface area contributed by atoms with E-state index in [-0.39, 0.29) is 0 Å². The van der Waals surface area contributed by atoms with E-state index >= 15 is 0 Å². The third-order valence-corrected chi connectivity index (χ3v) is 2.51. The molecule has 1 aliphatic rings. The number of rotatable bonds is 4. The van der Waals surface area contributed by atoms with Crippen LogP contribution >= 0.6 is 0 Å². The first-order valence-corrected chi connectivity index (χ1v) is 5.35. The van der Waals surface area contributed by atoms with Crippen molar-refractivity contribution >= 4 is 0 Å². The quantitative estimate of drug-likeness (QED) is 0.654. The van der Waals surface area contributed by atoms with E-state index in [0.717, 1.165) is 19.6 Å². The van der Waals surface area contributed by atoms with Crippen molar-refractivity contribution in [1.29, 1.82) is 0 Å². The molecule has 78 valence electrons. The molecule has 0 amide bonds. The zero-order valence-corrected chi connectivity index (χ0v) is 8.72. The zero-order chi connectivity index (χ0) is 9.36. The first-order valence-electron chi connectivity index (χ1n) is 5.35. The molecule has 0 aromatic carbocycles. The molecule has 1 rings (SSSR count). The molecule has 0 aromatic rings. The highest BCUT2D eigenvalue weighted by Crippen LogP contribution is 1.99. The van der Waals surface area contributed by atoms with Gasteiger partial charge in [0, 0.05) is 33.4 Å². The molecule has 0 aromatic heterocycles. The lowest BCUT2D eigenvalue weighted by Crippen LogP contribution is -2.36. The standard InChI is InChI=1S/C10H22N2O/c1-13-10-4-8-12-7-3-2-5-11-6-9-12/h11H,2-10H2,1H3. The molecule has 0 atom stereocenters. The lowest BCUT2D eigenvalue weighted by Gasteiger charge is -2.24. The number of hydrogen-bond donors (Lipinski definition) is 1. The molecule has 0 saturated carbocycles. The maximum absolute atomic E-state index is 5.05. The van der Waals surface area contributed by atoms with Crippen LogP contribution in [-0.4, -0.2) is 51.3 Å². The van der Waals surface area contributed by atoms with Gasteiger partial charge in [-0.2, -0.15) is 0 Å². The van der Waals surface area contributed by atoms with Crippen LogP contribution in [0, 0.1) is 0 Å². The molecule has 1 heterocycles. The van der Waals surface area contributed by atoms with Crippen LogP contribution in [0.5, 0.6) is 0 Å². The largest absolute Gasteiger partial charge is 0.385 e. The van der Waals surface area contributed by atoms with Crippen LogP contribution in [0.15, 0.2) is 0 Å².